The van der Waals surface area contributed by atoms with Crippen molar-refractivity contribution >= 4 is 21.6 Å². The number of anilines is 1. The van der Waals surface area contributed by atoms with E-state index < -0.39 is 16.1 Å². The van der Waals surface area contributed by atoms with Crippen molar-refractivity contribution < 1.29 is 22.7 Å². The van der Waals surface area contributed by atoms with Crippen LogP contribution in [0.3, 0.4) is 0 Å². The summed E-state index contributed by atoms with van der Waals surface area (Å²) in [5, 5.41) is 3.04. The van der Waals surface area contributed by atoms with Crippen LogP contribution in [0.15, 0.2) is 48.5 Å². The van der Waals surface area contributed by atoms with Crippen molar-refractivity contribution in [2.75, 3.05) is 24.8 Å². The zero-order valence-electron chi connectivity index (χ0n) is 19.0. The van der Waals surface area contributed by atoms with Gasteiger partial charge in [-0.25, -0.2) is 8.42 Å². The van der Waals surface area contributed by atoms with Gasteiger partial charge in [-0.3, -0.25) is 9.10 Å². The molecule has 0 aromatic heterocycles. The number of sulfonamides is 1. The Labute approximate surface area is 185 Å². The summed E-state index contributed by atoms with van der Waals surface area (Å²) in [5.41, 5.74) is 1.30. The molecule has 0 unspecified atom stereocenters. The number of benzene rings is 2. The Balaban J connectivity index is 2.36. The number of hydrogen-bond donors (Lipinski definition) is 1. The van der Waals surface area contributed by atoms with E-state index >= 15 is 0 Å². The third-order valence-electron chi connectivity index (χ3n) is 4.94. The van der Waals surface area contributed by atoms with E-state index in [1.54, 1.807) is 25.1 Å². The lowest BCUT2D eigenvalue weighted by Gasteiger charge is -2.30. The first-order chi connectivity index (χ1) is 14.6. The Morgan fingerprint density at radius 3 is 2.13 bits per heavy atom. The minimum absolute atomic E-state index is 0.219. The van der Waals surface area contributed by atoms with E-state index in [4.69, 9.17) is 9.47 Å². The summed E-state index contributed by atoms with van der Waals surface area (Å²) in [5.74, 6) is 0.813. The first-order valence-corrected chi connectivity index (χ1v) is 12.0. The van der Waals surface area contributed by atoms with Crippen molar-refractivity contribution in [3.05, 3.63) is 54.1 Å². The van der Waals surface area contributed by atoms with Crippen LogP contribution in [0.4, 0.5) is 5.69 Å². The van der Waals surface area contributed by atoms with E-state index in [2.05, 4.69) is 19.2 Å². The van der Waals surface area contributed by atoms with E-state index in [1.165, 1.54) is 14.2 Å². The number of hydrogen-bond acceptors (Lipinski definition) is 5. The van der Waals surface area contributed by atoms with Crippen molar-refractivity contribution in [3.8, 4) is 11.5 Å². The van der Waals surface area contributed by atoms with Crippen molar-refractivity contribution in [2.24, 2.45) is 5.92 Å². The Kier molecular flexibility index (Phi) is 8.33. The summed E-state index contributed by atoms with van der Waals surface area (Å²) >= 11 is 0. The van der Waals surface area contributed by atoms with Crippen molar-refractivity contribution in [3.63, 3.8) is 0 Å². The van der Waals surface area contributed by atoms with Crippen LogP contribution in [0.2, 0.25) is 0 Å². The summed E-state index contributed by atoms with van der Waals surface area (Å²) in [7, 11) is -0.783. The maximum atomic E-state index is 13.2. The molecule has 0 saturated heterocycles. The summed E-state index contributed by atoms with van der Waals surface area (Å²) < 4.78 is 36.9. The third-order valence-corrected chi connectivity index (χ3v) is 6.18. The van der Waals surface area contributed by atoms with Crippen molar-refractivity contribution in [1.82, 2.24) is 5.32 Å². The molecule has 170 valence electrons. The van der Waals surface area contributed by atoms with Crippen LogP contribution >= 0.6 is 0 Å². The number of carbonyl (C=O) groups is 1. The number of carbonyl (C=O) groups excluding carboxylic acids is 1. The van der Waals surface area contributed by atoms with E-state index in [1.807, 2.05) is 30.3 Å². The lowest BCUT2D eigenvalue weighted by molar-refractivity contribution is -0.122. The second kappa shape index (κ2) is 10.5. The monoisotopic (exact) mass is 448 g/mol. The smallest absolute Gasteiger partial charge is 0.244 e. The van der Waals surface area contributed by atoms with Gasteiger partial charge in [0.15, 0.2) is 11.5 Å². The Bertz CT molecular complexity index is 977. The zero-order chi connectivity index (χ0) is 23.2. The van der Waals surface area contributed by atoms with E-state index in [-0.39, 0.29) is 11.9 Å². The number of amides is 1. The SMILES string of the molecule is COc1ccc(N([C@@H](C)C(=O)N[C@H](CC(C)C)c2ccccc2)S(C)(=O)=O)cc1OC. The molecule has 0 heterocycles. The second-order valence-electron chi connectivity index (χ2n) is 7.88. The van der Waals surface area contributed by atoms with Gasteiger partial charge in [0.2, 0.25) is 15.9 Å². The molecular formula is C23H32N2O5S. The minimum atomic E-state index is -3.75. The van der Waals surface area contributed by atoms with Crippen LogP contribution in [-0.2, 0) is 14.8 Å². The summed E-state index contributed by atoms with van der Waals surface area (Å²) in [6.07, 6.45) is 1.81. The van der Waals surface area contributed by atoms with Crippen LogP contribution in [0, 0.1) is 5.92 Å². The molecule has 1 amide bonds. The molecule has 2 rings (SSSR count). The Morgan fingerprint density at radius 1 is 1.00 bits per heavy atom. The highest BCUT2D eigenvalue weighted by Crippen LogP contribution is 2.33. The highest BCUT2D eigenvalue weighted by Gasteiger charge is 2.31. The van der Waals surface area contributed by atoms with Gasteiger partial charge >= 0.3 is 0 Å². The van der Waals surface area contributed by atoms with Gasteiger partial charge in [-0.05, 0) is 37.0 Å². The number of rotatable bonds is 10. The first-order valence-electron chi connectivity index (χ1n) is 10.1. The van der Waals surface area contributed by atoms with Gasteiger partial charge in [-0.15, -0.1) is 0 Å². The summed E-state index contributed by atoms with van der Waals surface area (Å²) in [4.78, 5) is 13.2. The quantitative estimate of drug-likeness (QED) is 0.598. The van der Waals surface area contributed by atoms with E-state index in [9.17, 15) is 13.2 Å². The highest BCUT2D eigenvalue weighted by molar-refractivity contribution is 7.92. The van der Waals surface area contributed by atoms with Crippen LogP contribution in [0.1, 0.15) is 38.8 Å². The number of ether oxygens (including phenoxy) is 2. The van der Waals surface area contributed by atoms with Gasteiger partial charge in [-0.1, -0.05) is 44.2 Å². The Morgan fingerprint density at radius 2 is 1.61 bits per heavy atom. The van der Waals surface area contributed by atoms with Gasteiger partial charge in [0, 0.05) is 6.07 Å². The average molecular weight is 449 g/mol. The fourth-order valence-electron chi connectivity index (χ4n) is 3.50. The lowest BCUT2D eigenvalue weighted by Crippen LogP contribution is -2.48. The van der Waals surface area contributed by atoms with E-state index in [0.717, 1.165) is 22.5 Å². The predicted octanol–water partition coefficient (Wildman–Crippen LogP) is 3.76. The molecule has 0 spiro atoms. The van der Waals surface area contributed by atoms with Crippen LogP contribution in [0.5, 0.6) is 11.5 Å². The number of nitrogens with one attached hydrogen (secondary N) is 1. The lowest BCUT2D eigenvalue weighted by atomic mass is 9.96. The van der Waals surface area contributed by atoms with Gasteiger partial charge < -0.3 is 14.8 Å². The highest BCUT2D eigenvalue weighted by atomic mass is 32.2. The first kappa shape index (κ1) is 24.5. The molecule has 2 aromatic carbocycles. The van der Waals surface area contributed by atoms with E-state index in [0.29, 0.717) is 23.1 Å². The average Bonchev–Trinajstić information content (AvgIpc) is 2.72. The van der Waals surface area contributed by atoms with Gasteiger partial charge in [0.1, 0.15) is 6.04 Å². The topological polar surface area (TPSA) is 84.9 Å². The summed E-state index contributed by atoms with van der Waals surface area (Å²) in [6.45, 7) is 5.74. The molecule has 0 bridgehead atoms. The molecule has 0 aliphatic heterocycles. The van der Waals surface area contributed by atoms with Gasteiger partial charge in [0.25, 0.3) is 0 Å². The van der Waals surface area contributed by atoms with Crippen molar-refractivity contribution in [2.45, 2.75) is 39.3 Å². The molecule has 0 radical (unpaired) electrons. The molecule has 31 heavy (non-hydrogen) atoms. The molecule has 2 aromatic rings. The molecule has 1 N–H and O–H groups in total. The predicted molar refractivity (Wildman–Crippen MR) is 123 cm³/mol. The second-order valence-corrected chi connectivity index (χ2v) is 9.73. The molecule has 0 aliphatic rings. The Hall–Kier alpha value is -2.74. The van der Waals surface area contributed by atoms with Crippen LogP contribution in [0.25, 0.3) is 0 Å². The van der Waals surface area contributed by atoms with Crippen LogP contribution in [-0.4, -0.2) is 40.8 Å². The molecule has 0 aliphatic carbocycles. The van der Waals surface area contributed by atoms with Gasteiger partial charge in [0.05, 0.1) is 32.2 Å². The number of methoxy groups -OCH3 is 2. The maximum Gasteiger partial charge on any atom is 0.244 e. The molecule has 0 fully saturated rings. The number of nitrogens with zero attached hydrogens (tertiary/aromatic N) is 1. The minimum Gasteiger partial charge on any atom is -0.493 e. The standard InChI is InChI=1S/C23H32N2O5S/c1-16(2)14-20(18-10-8-7-9-11-18)24-23(26)17(3)25(31(6,27)28)19-12-13-21(29-4)22(15-19)30-5/h7-13,15-17,20H,14H2,1-6H3,(H,24,26)/t17-,20+/m0/s1. The molecular weight excluding hydrogens is 416 g/mol. The van der Waals surface area contributed by atoms with Crippen LogP contribution < -0.4 is 19.1 Å². The fraction of sp³-hybridized carbons (Fsp3) is 0.435. The summed E-state index contributed by atoms with van der Waals surface area (Å²) in [6, 6.07) is 13.2. The zero-order valence-corrected chi connectivity index (χ0v) is 19.8. The molecule has 7 nitrogen and oxygen atoms in total. The molecule has 8 heteroatoms. The van der Waals surface area contributed by atoms with Crippen molar-refractivity contribution in [1.29, 1.82) is 0 Å². The maximum absolute atomic E-state index is 13.2. The normalized spacial score (nSPS) is 13.4. The molecule has 0 saturated carbocycles. The fourth-order valence-corrected chi connectivity index (χ4v) is 4.66. The largest absolute Gasteiger partial charge is 0.493 e. The third kappa shape index (κ3) is 6.37. The van der Waals surface area contributed by atoms with Gasteiger partial charge in [-0.2, -0.15) is 0 Å². The molecule has 2 atom stereocenters.